The lowest BCUT2D eigenvalue weighted by atomic mass is 10.2. The predicted molar refractivity (Wildman–Crippen MR) is 101 cm³/mol. The van der Waals surface area contributed by atoms with E-state index in [1.807, 2.05) is 0 Å². The van der Waals surface area contributed by atoms with Crippen LogP contribution in [0.2, 0.25) is 0 Å². The molecule has 1 aliphatic heterocycles. The fourth-order valence-electron chi connectivity index (χ4n) is 2.47. The largest absolute Gasteiger partial charge is 0.269 e. The van der Waals surface area contributed by atoms with Crippen molar-refractivity contribution in [1.82, 2.24) is 4.31 Å². The summed E-state index contributed by atoms with van der Waals surface area (Å²) in [6.45, 7) is 0.417. The lowest BCUT2D eigenvalue weighted by molar-refractivity contribution is -0.384. The van der Waals surface area contributed by atoms with E-state index in [4.69, 9.17) is 0 Å². The van der Waals surface area contributed by atoms with E-state index >= 15 is 0 Å². The van der Waals surface area contributed by atoms with E-state index in [-0.39, 0.29) is 16.0 Å². The Bertz CT molecular complexity index is 854. The molecule has 24 heavy (non-hydrogen) atoms. The van der Waals surface area contributed by atoms with Crippen LogP contribution < -0.4 is 0 Å². The first-order valence-electron chi connectivity index (χ1n) is 7.03. The third-order valence-electron chi connectivity index (χ3n) is 3.66. The molecular formula is C15H13IN2O4S2. The average Bonchev–Trinajstić information content (AvgIpc) is 3.06. The van der Waals surface area contributed by atoms with Crippen LogP contribution in [0.15, 0.2) is 53.4 Å². The van der Waals surface area contributed by atoms with Gasteiger partial charge < -0.3 is 0 Å². The molecule has 0 amide bonds. The molecule has 6 nitrogen and oxygen atoms in total. The van der Waals surface area contributed by atoms with Gasteiger partial charge in [-0.25, -0.2) is 8.42 Å². The molecule has 2 aromatic carbocycles. The molecule has 1 aliphatic rings. The standard InChI is InChI=1S/C15H13IN2O4S2/c16-12-3-7-14(8-4-12)24(21,22)17-9-10-23-15(17)11-1-5-13(6-2-11)18(19)20/h1-8,15H,9-10H2. The summed E-state index contributed by atoms with van der Waals surface area (Å²) in [5.41, 5.74) is 0.742. The van der Waals surface area contributed by atoms with Gasteiger partial charge in [-0.2, -0.15) is 4.31 Å². The minimum atomic E-state index is -3.60. The summed E-state index contributed by atoms with van der Waals surface area (Å²) in [6.07, 6.45) is 0. The first-order valence-corrected chi connectivity index (χ1v) is 10.6. The summed E-state index contributed by atoms with van der Waals surface area (Å²) in [4.78, 5) is 10.6. The van der Waals surface area contributed by atoms with Crippen LogP contribution in [0.5, 0.6) is 0 Å². The van der Waals surface area contributed by atoms with Crippen molar-refractivity contribution in [2.24, 2.45) is 0 Å². The molecule has 126 valence electrons. The van der Waals surface area contributed by atoms with Gasteiger partial charge in [-0.05, 0) is 64.6 Å². The zero-order valence-electron chi connectivity index (χ0n) is 12.3. The number of nitrogens with zero attached hydrogens (tertiary/aromatic N) is 2. The summed E-state index contributed by atoms with van der Waals surface area (Å²) >= 11 is 3.64. The lowest BCUT2D eigenvalue weighted by Crippen LogP contribution is -2.30. The van der Waals surface area contributed by atoms with Gasteiger partial charge in [0.2, 0.25) is 10.0 Å². The zero-order valence-corrected chi connectivity index (χ0v) is 16.1. The Hall–Kier alpha value is -1.17. The Morgan fingerprint density at radius 2 is 1.75 bits per heavy atom. The van der Waals surface area contributed by atoms with Crippen LogP contribution in [0.1, 0.15) is 10.9 Å². The molecule has 0 bridgehead atoms. The average molecular weight is 476 g/mol. The molecule has 0 spiro atoms. The Balaban J connectivity index is 1.92. The monoisotopic (exact) mass is 476 g/mol. The quantitative estimate of drug-likeness (QED) is 0.383. The van der Waals surface area contributed by atoms with E-state index in [0.717, 1.165) is 9.13 Å². The van der Waals surface area contributed by atoms with E-state index in [1.165, 1.54) is 28.2 Å². The Kier molecular flexibility index (Phi) is 5.13. The second kappa shape index (κ2) is 6.98. The molecule has 0 saturated carbocycles. The maximum Gasteiger partial charge on any atom is 0.269 e. The molecule has 1 heterocycles. The van der Waals surface area contributed by atoms with Crippen LogP contribution in [0.4, 0.5) is 5.69 Å². The van der Waals surface area contributed by atoms with E-state index < -0.39 is 14.9 Å². The number of thioether (sulfide) groups is 1. The maximum absolute atomic E-state index is 12.9. The van der Waals surface area contributed by atoms with Crippen molar-refractivity contribution in [2.45, 2.75) is 10.3 Å². The summed E-state index contributed by atoms with van der Waals surface area (Å²) < 4.78 is 28.2. The van der Waals surface area contributed by atoms with Crippen molar-refractivity contribution < 1.29 is 13.3 Å². The van der Waals surface area contributed by atoms with Gasteiger partial charge in [-0.3, -0.25) is 10.1 Å². The molecule has 9 heteroatoms. The SMILES string of the molecule is O=[N+]([O-])c1ccc(C2SCCN2S(=O)(=O)c2ccc(I)cc2)cc1. The number of halogens is 1. The van der Waals surface area contributed by atoms with E-state index in [0.29, 0.717) is 12.3 Å². The molecule has 2 aromatic rings. The van der Waals surface area contributed by atoms with Crippen molar-refractivity contribution in [2.75, 3.05) is 12.3 Å². The fourth-order valence-corrected chi connectivity index (χ4v) is 6.07. The molecule has 0 N–H and O–H groups in total. The van der Waals surface area contributed by atoms with Gasteiger partial charge in [0.25, 0.3) is 5.69 Å². The number of hydrogen-bond acceptors (Lipinski definition) is 5. The van der Waals surface area contributed by atoms with Gasteiger partial charge in [0.15, 0.2) is 0 Å². The smallest absolute Gasteiger partial charge is 0.258 e. The number of nitro groups is 1. The summed E-state index contributed by atoms with van der Waals surface area (Å²) in [5.74, 6) is 0.686. The number of benzene rings is 2. The zero-order chi connectivity index (χ0) is 17.3. The van der Waals surface area contributed by atoms with Crippen molar-refractivity contribution in [3.8, 4) is 0 Å². The number of nitro benzene ring substituents is 1. The minimum Gasteiger partial charge on any atom is -0.258 e. The van der Waals surface area contributed by atoms with Crippen molar-refractivity contribution in [3.63, 3.8) is 0 Å². The maximum atomic E-state index is 12.9. The number of rotatable bonds is 4. The summed E-state index contributed by atoms with van der Waals surface area (Å²) in [7, 11) is -3.60. The minimum absolute atomic E-state index is 0.00575. The van der Waals surface area contributed by atoms with E-state index in [9.17, 15) is 18.5 Å². The number of hydrogen-bond donors (Lipinski definition) is 0. The highest BCUT2D eigenvalue weighted by molar-refractivity contribution is 14.1. The molecule has 1 atom stereocenters. The molecule has 1 fully saturated rings. The highest BCUT2D eigenvalue weighted by atomic mass is 127. The fraction of sp³-hybridized carbons (Fsp3) is 0.200. The Morgan fingerprint density at radius 3 is 2.33 bits per heavy atom. The molecule has 1 unspecified atom stereocenters. The summed E-state index contributed by atoms with van der Waals surface area (Å²) in [6, 6.07) is 12.8. The van der Waals surface area contributed by atoms with Gasteiger partial charge >= 0.3 is 0 Å². The molecule has 0 aromatic heterocycles. The summed E-state index contributed by atoms with van der Waals surface area (Å²) in [5, 5.41) is 10.4. The second-order valence-corrected chi connectivity index (χ2v) is 9.47. The van der Waals surface area contributed by atoms with Crippen LogP contribution in [0, 0.1) is 13.7 Å². The van der Waals surface area contributed by atoms with Crippen molar-refractivity contribution >= 4 is 50.1 Å². The van der Waals surface area contributed by atoms with E-state index in [2.05, 4.69) is 22.6 Å². The topological polar surface area (TPSA) is 80.5 Å². The Labute approximate surface area is 157 Å². The number of sulfonamides is 1. The molecule has 1 saturated heterocycles. The third-order valence-corrected chi connectivity index (χ3v) is 7.65. The molecule has 3 rings (SSSR count). The molecular weight excluding hydrogens is 463 g/mol. The lowest BCUT2D eigenvalue weighted by Gasteiger charge is -2.23. The molecule has 0 aliphatic carbocycles. The highest BCUT2D eigenvalue weighted by Crippen LogP contribution is 2.41. The first-order chi connectivity index (χ1) is 11.4. The molecule has 0 radical (unpaired) electrons. The number of non-ortho nitro benzene ring substituents is 1. The third kappa shape index (κ3) is 3.44. The van der Waals surface area contributed by atoms with Crippen LogP contribution in [-0.4, -0.2) is 29.9 Å². The van der Waals surface area contributed by atoms with Gasteiger partial charge in [0.1, 0.15) is 0 Å². The van der Waals surface area contributed by atoms with Crippen LogP contribution in [0.3, 0.4) is 0 Å². The van der Waals surface area contributed by atoms with Gasteiger partial charge in [0, 0.05) is 28.0 Å². The van der Waals surface area contributed by atoms with Gasteiger partial charge in [0.05, 0.1) is 15.2 Å². The van der Waals surface area contributed by atoms with Crippen LogP contribution in [-0.2, 0) is 10.0 Å². The van der Waals surface area contributed by atoms with Crippen LogP contribution >= 0.6 is 34.4 Å². The first kappa shape index (κ1) is 17.6. The van der Waals surface area contributed by atoms with Gasteiger partial charge in [-0.15, -0.1) is 11.8 Å². The predicted octanol–water partition coefficient (Wildman–Crippen LogP) is 3.64. The normalized spacial score (nSPS) is 18.6. The van der Waals surface area contributed by atoms with Crippen LogP contribution in [0.25, 0.3) is 0 Å². The Morgan fingerprint density at radius 1 is 1.12 bits per heavy atom. The second-order valence-electron chi connectivity index (χ2n) is 5.14. The van der Waals surface area contributed by atoms with Crippen molar-refractivity contribution in [3.05, 3.63) is 67.8 Å². The highest BCUT2D eigenvalue weighted by Gasteiger charge is 2.36. The van der Waals surface area contributed by atoms with Gasteiger partial charge in [-0.1, -0.05) is 0 Å². The van der Waals surface area contributed by atoms with E-state index in [1.54, 1.807) is 36.4 Å². The van der Waals surface area contributed by atoms with Crippen molar-refractivity contribution in [1.29, 1.82) is 0 Å².